The van der Waals surface area contributed by atoms with Crippen molar-refractivity contribution < 1.29 is 4.74 Å². The molecule has 3 nitrogen and oxygen atoms in total. The molecule has 2 atom stereocenters. The van der Waals surface area contributed by atoms with E-state index >= 15 is 0 Å². The van der Waals surface area contributed by atoms with Crippen molar-refractivity contribution in [2.75, 3.05) is 20.7 Å². The van der Waals surface area contributed by atoms with E-state index in [1.807, 2.05) is 18.5 Å². The Morgan fingerprint density at radius 2 is 2.43 bits per heavy atom. The Balaban J connectivity index is 2.13. The van der Waals surface area contributed by atoms with Gasteiger partial charge in [-0.1, -0.05) is 6.07 Å². The van der Waals surface area contributed by atoms with E-state index in [9.17, 15) is 0 Å². The number of hydrogen-bond donors (Lipinski definition) is 0. The van der Waals surface area contributed by atoms with E-state index in [1.165, 1.54) is 5.56 Å². The van der Waals surface area contributed by atoms with Gasteiger partial charge in [0.15, 0.2) is 0 Å². The standard InChI is InChI=1S/C11H16N2O/c1-13-8-10(14-2)6-11(13)9-4-3-5-12-7-9/h3-5,7,10-11H,6,8H2,1-2H3/t10-,11-/m0/s1. The molecule has 1 aromatic heterocycles. The summed E-state index contributed by atoms with van der Waals surface area (Å²) in [5, 5.41) is 0. The lowest BCUT2D eigenvalue weighted by molar-refractivity contribution is 0.111. The molecule has 0 aromatic carbocycles. The van der Waals surface area contributed by atoms with Crippen molar-refractivity contribution in [3.63, 3.8) is 0 Å². The maximum atomic E-state index is 5.37. The zero-order chi connectivity index (χ0) is 9.97. The van der Waals surface area contributed by atoms with Gasteiger partial charge in [-0.15, -0.1) is 0 Å². The first-order chi connectivity index (χ1) is 6.81. The van der Waals surface area contributed by atoms with Gasteiger partial charge in [0, 0.05) is 32.1 Å². The summed E-state index contributed by atoms with van der Waals surface area (Å²) in [4.78, 5) is 6.47. The number of methoxy groups -OCH3 is 1. The molecule has 1 aromatic rings. The van der Waals surface area contributed by atoms with Gasteiger partial charge in [-0.2, -0.15) is 0 Å². The van der Waals surface area contributed by atoms with Crippen LogP contribution in [0.15, 0.2) is 24.5 Å². The molecule has 0 N–H and O–H groups in total. The van der Waals surface area contributed by atoms with Crippen molar-refractivity contribution in [3.05, 3.63) is 30.1 Å². The molecule has 14 heavy (non-hydrogen) atoms. The van der Waals surface area contributed by atoms with Crippen LogP contribution >= 0.6 is 0 Å². The van der Waals surface area contributed by atoms with Crippen molar-refractivity contribution >= 4 is 0 Å². The largest absolute Gasteiger partial charge is 0.380 e. The van der Waals surface area contributed by atoms with E-state index in [2.05, 4.69) is 23.0 Å². The number of likely N-dealkylation sites (N-methyl/N-ethyl adjacent to an activating group) is 1. The Kier molecular flexibility index (Phi) is 2.79. The highest BCUT2D eigenvalue weighted by Gasteiger charge is 2.30. The number of aromatic nitrogens is 1. The second-order valence-corrected chi connectivity index (χ2v) is 3.84. The number of likely N-dealkylation sites (tertiary alicyclic amines) is 1. The zero-order valence-electron chi connectivity index (χ0n) is 8.68. The van der Waals surface area contributed by atoms with Crippen LogP contribution in [-0.2, 0) is 4.74 Å². The van der Waals surface area contributed by atoms with Gasteiger partial charge in [0.05, 0.1) is 6.10 Å². The predicted molar refractivity (Wildman–Crippen MR) is 55.0 cm³/mol. The fraction of sp³-hybridized carbons (Fsp3) is 0.545. The lowest BCUT2D eigenvalue weighted by Gasteiger charge is -2.18. The van der Waals surface area contributed by atoms with Crippen LogP contribution in [0.2, 0.25) is 0 Å². The highest BCUT2D eigenvalue weighted by Crippen LogP contribution is 2.30. The minimum atomic E-state index is 0.366. The van der Waals surface area contributed by atoms with Gasteiger partial charge in [0.25, 0.3) is 0 Å². The SMILES string of the molecule is CO[C@H]1C[C@@H](c2cccnc2)N(C)C1. The molecule has 2 heterocycles. The fourth-order valence-electron chi connectivity index (χ4n) is 2.09. The van der Waals surface area contributed by atoms with Crippen molar-refractivity contribution in [1.82, 2.24) is 9.88 Å². The second kappa shape index (κ2) is 4.07. The van der Waals surface area contributed by atoms with E-state index in [-0.39, 0.29) is 0 Å². The molecule has 0 radical (unpaired) electrons. The third-order valence-electron chi connectivity index (χ3n) is 2.91. The normalized spacial score (nSPS) is 28.1. The minimum absolute atomic E-state index is 0.366. The summed E-state index contributed by atoms with van der Waals surface area (Å²) >= 11 is 0. The molecule has 0 amide bonds. The maximum absolute atomic E-state index is 5.37. The first-order valence-corrected chi connectivity index (χ1v) is 4.94. The van der Waals surface area contributed by atoms with Crippen LogP contribution in [0.5, 0.6) is 0 Å². The fourth-order valence-corrected chi connectivity index (χ4v) is 2.09. The average Bonchev–Trinajstić information content (AvgIpc) is 2.61. The van der Waals surface area contributed by atoms with Crippen LogP contribution in [0.25, 0.3) is 0 Å². The molecule has 1 aliphatic heterocycles. The first kappa shape index (κ1) is 9.62. The Morgan fingerprint density at radius 1 is 1.57 bits per heavy atom. The van der Waals surface area contributed by atoms with E-state index in [1.54, 1.807) is 7.11 Å². The minimum Gasteiger partial charge on any atom is -0.380 e. The molecular weight excluding hydrogens is 176 g/mol. The van der Waals surface area contributed by atoms with Crippen molar-refractivity contribution in [2.24, 2.45) is 0 Å². The van der Waals surface area contributed by atoms with Crippen molar-refractivity contribution in [1.29, 1.82) is 0 Å². The van der Waals surface area contributed by atoms with Crippen molar-refractivity contribution in [2.45, 2.75) is 18.6 Å². The van der Waals surface area contributed by atoms with Gasteiger partial charge in [0.2, 0.25) is 0 Å². The van der Waals surface area contributed by atoms with Gasteiger partial charge < -0.3 is 4.74 Å². The number of hydrogen-bond acceptors (Lipinski definition) is 3. The third kappa shape index (κ3) is 1.79. The zero-order valence-corrected chi connectivity index (χ0v) is 8.68. The molecule has 0 unspecified atom stereocenters. The predicted octanol–water partition coefficient (Wildman–Crippen LogP) is 1.47. The molecular formula is C11H16N2O. The molecule has 3 heteroatoms. The smallest absolute Gasteiger partial charge is 0.0716 e. The van der Waals surface area contributed by atoms with Crippen LogP contribution in [0.1, 0.15) is 18.0 Å². The summed E-state index contributed by atoms with van der Waals surface area (Å²) in [6.45, 7) is 1.01. The van der Waals surface area contributed by atoms with E-state index in [0.29, 0.717) is 12.1 Å². The van der Waals surface area contributed by atoms with Gasteiger partial charge in [-0.25, -0.2) is 0 Å². The van der Waals surface area contributed by atoms with Crippen LogP contribution in [0.3, 0.4) is 0 Å². The second-order valence-electron chi connectivity index (χ2n) is 3.84. The van der Waals surface area contributed by atoms with E-state index in [4.69, 9.17) is 4.74 Å². The molecule has 0 aliphatic carbocycles. The molecule has 0 bridgehead atoms. The number of ether oxygens (including phenoxy) is 1. The molecule has 1 saturated heterocycles. The highest BCUT2D eigenvalue weighted by molar-refractivity contribution is 5.15. The molecule has 0 spiro atoms. The summed E-state index contributed by atoms with van der Waals surface area (Å²) in [5.74, 6) is 0. The Bertz CT molecular complexity index is 289. The molecule has 0 saturated carbocycles. The Labute approximate surface area is 84.7 Å². The lowest BCUT2D eigenvalue weighted by Crippen LogP contribution is -2.20. The quantitative estimate of drug-likeness (QED) is 0.709. The number of pyridine rings is 1. The lowest BCUT2D eigenvalue weighted by atomic mass is 10.1. The summed E-state index contributed by atoms with van der Waals surface area (Å²) < 4.78 is 5.37. The summed E-state index contributed by atoms with van der Waals surface area (Å²) in [5.41, 5.74) is 1.29. The monoisotopic (exact) mass is 192 g/mol. The molecule has 1 fully saturated rings. The van der Waals surface area contributed by atoms with E-state index < -0.39 is 0 Å². The highest BCUT2D eigenvalue weighted by atomic mass is 16.5. The number of nitrogens with zero attached hydrogens (tertiary/aromatic N) is 2. The van der Waals surface area contributed by atoms with Gasteiger partial charge in [-0.05, 0) is 25.1 Å². The third-order valence-corrected chi connectivity index (χ3v) is 2.91. The van der Waals surface area contributed by atoms with Crippen LogP contribution in [0, 0.1) is 0 Å². The first-order valence-electron chi connectivity index (χ1n) is 4.94. The molecule has 2 rings (SSSR count). The Morgan fingerprint density at radius 3 is 3.00 bits per heavy atom. The maximum Gasteiger partial charge on any atom is 0.0716 e. The topological polar surface area (TPSA) is 25.4 Å². The Hall–Kier alpha value is -0.930. The summed E-state index contributed by atoms with van der Waals surface area (Å²) in [6, 6.07) is 4.59. The van der Waals surface area contributed by atoms with Crippen LogP contribution in [0.4, 0.5) is 0 Å². The van der Waals surface area contributed by atoms with Crippen LogP contribution in [-0.4, -0.2) is 36.7 Å². The van der Waals surface area contributed by atoms with Crippen molar-refractivity contribution in [3.8, 4) is 0 Å². The van der Waals surface area contributed by atoms with E-state index in [0.717, 1.165) is 13.0 Å². The van der Waals surface area contributed by atoms with Gasteiger partial charge in [-0.3, -0.25) is 9.88 Å². The molecule has 76 valence electrons. The van der Waals surface area contributed by atoms with Crippen LogP contribution < -0.4 is 0 Å². The summed E-state index contributed by atoms with van der Waals surface area (Å²) in [7, 11) is 3.92. The number of rotatable bonds is 2. The van der Waals surface area contributed by atoms with Gasteiger partial charge in [0.1, 0.15) is 0 Å². The average molecular weight is 192 g/mol. The molecule has 1 aliphatic rings. The summed E-state index contributed by atoms with van der Waals surface area (Å²) in [6.07, 6.45) is 5.19. The van der Waals surface area contributed by atoms with Gasteiger partial charge >= 0.3 is 0 Å².